The Balaban J connectivity index is 0.834. The maximum absolute atomic E-state index is 14.0. The van der Waals surface area contributed by atoms with E-state index in [0.29, 0.717) is 112 Å². The van der Waals surface area contributed by atoms with E-state index in [1.54, 1.807) is 61.5 Å². The van der Waals surface area contributed by atoms with Gasteiger partial charge in [-0.3, -0.25) is 9.59 Å². The minimum Gasteiger partial charge on any atom is -0.441 e. The Hall–Kier alpha value is -9.94. The molecule has 69 heavy (non-hydrogen) atoms. The molecule has 14 rings (SSSR count). The van der Waals surface area contributed by atoms with E-state index >= 15 is 0 Å². The van der Waals surface area contributed by atoms with Crippen LogP contribution in [0.3, 0.4) is 0 Å². The predicted molar refractivity (Wildman–Crippen MR) is 254 cm³/mol. The molecule has 0 radical (unpaired) electrons. The van der Waals surface area contributed by atoms with Gasteiger partial charge < -0.3 is 26.5 Å². The molecule has 0 spiro atoms. The second-order valence-electron chi connectivity index (χ2n) is 16.8. The van der Waals surface area contributed by atoms with Crippen LogP contribution in [0.15, 0.2) is 148 Å². The summed E-state index contributed by atoms with van der Waals surface area (Å²) in [6.07, 6.45) is 5.65. The van der Waals surface area contributed by atoms with Crippen LogP contribution in [0, 0.1) is 26.2 Å². The highest BCUT2D eigenvalue weighted by Gasteiger charge is 2.37. The number of carbonyl (C=O) groups is 2. The molecule has 0 fully saturated rings. The van der Waals surface area contributed by atoms with E-state index in [2.05, 4.69) is 10.9 Å². The van der Waals surface area contributed by atoms with Gasteiger partial charge in [0.1, 0.15) is 33.1 Å². The molecule has 7 aromatic carbocycles. The smallest absolute Gasteiger partial charge is 0.266 e. The number of anilines is 1. The third kappa shape index (κ3) is 6.09. The molecule has 326 valence electrons. The zero-order valence-corrected chi connectivity index (χ0v) is 36.0. The number of carbonyl (C=O) groups excluding carboxylic acids is 2. The van der Waals surface area contributed by atoms with Crippen molar-refractivity contribution < 1.29 is 36.1 Å². The molecular weight excluding hydrogens is 875 g/mol. The number of nitrogens with zero attached hydrogens (tertiary/aromatic N) is 7. The lowest BCUT2D eigenvalue weighted by Crippen LogP contribution is -2.29. The van der Waals surface area contributed by atoms with Gasteiger partial charge in [0.25, 0.3) is 11.8 Å². The number of aryl methyl sites for hydroxylation is 2. The van der Waals surface area contributed by atoms with Gasteiger partial charge in [0.2, 0.25) is 29.5 Å². The SMILES string of the molecule is C#Cc1ccc2c(c1)C(=O)N(c1cc(-c3nc4cc5oc(-c6cccc(C)c6)nc5cc4o3)cc(-c3nc4cc5oc(-c6cccc(-c7nc8cc9oc(C)nc9cc8o7)c6)nc5cc4o3)c1)C2=O. The molecule has 15 nitrogen and oxygen atoms in total. The largest absolute Gasteiger partial charge is 0.441 e. The van der Waals surface area contributed by atoms with E-state index in [0.717, 1.165) is 21.6 Å². The van der Waals surface area contributed by atoms with Crippen molar-refractivity contribution in [2.75, 3.05) is 4.90 Å². The Bertz CT molecular complexity index is 4290. The average molecular weight is 902 g/mol. The monoisotopic (exact) mass is 901 g/mol. The molecule has 1 aliphatic heterocycles. The number of oxazole rings is 6. The van der Waals surface area contributed by atoms with Crippen LogP contribution in [-0.2, 0) is 0 Å². The quantitative estimate of drug-likeness (QED) is 0.113. The summed E-state index contributed by atoms with van der Waals surface area (Å²) in [5.74, 6) is 3.72. The molecule has 2 amide bonds. The highest BCUT2D eigenvalue weighted by molar-refractivity contribution is 6.34. The van der Waals surface area contributed by atoms with Crippen molar-refractivity contribution in [3.8, 4) is 69.6 Å². The van der Waals surface area contributed by atoms with Crippen LogP contribution in [-0.4, -0.2) is 41.7 Å². The molecule has 13 aromatic rings. The van der Waals surface area contributed by atoms with Crippen molar-refractivity contribution >= 4 is 84.1 Å². The van der Waals surface area contributed by atoms with Crippen LogP contribution in [0.1, 0.15) is 37.7 Å². The van der Waals surface area contributed by atoms with Gasteiger partial charge in [-0.1, -0.05) is 29.7 Å². The number of aromatic nitrogens is 6. The lowest BCUT2D eigenvalue weighted by molar-refractivity contribution is 0.0926. The van der Waals surface area contributed by atoms with Crippen LogP contribution >= 0.6 is 0 Å². The van der Waals surface area contributed by atoms with E-state index in [1.165, 1.54) is 6.07 Å². The molecular formula is C54H27N7O8. The topological polar surface area (TPSA) is 194 Å². The summed E-state index contributed by atoms with van der Waals surface area (Å²) in [5.41, 5.74) is 11.9. The Labute approximate surface area is 386 Å². The molecule has 0 saturated carbocycles. The molecule has 7 heterocycles. The number of terminal acetylenes is 1. The zero-order chi connectivity index (χ0) is 46.2. The average Bonchev–Trinajstić information content (AvgIpc) is 4.24. The lowest BCUT2D eigenvalue weighted by Gasteiger charge is -2.16. The first-order valence-corrected chi connectivity index (χ1v) is 21.6. The lowest BCUT2D eigenvalue weighted by atomic mass is 10.1. The summed E-state index contributed by atoms with van der Waals surface area (Å²) >= 11 is 0. The summed E-state index contributed by atoms with van der Waals surface area (Å²) in [6.45, 7) is 3.80. The summed E-state index contributed by atoms with van der Waals surface area (Å²) in [4.78, 5) is 57.4. The minimum absolute atomic E-state index is 0.193. The van der Waals surface area contributed by atoms with Crippen molar-refractivity contribution in [2.45, 2.75) is 13.8 Å². The molecule has 0 bridgehead atoms. The molecule has 0 atom stereocenters. The van der Waals surface area contributed by atoms with Gasteiger partial charge in [0.05, 0.1) is 16.8 Å². The number of fused-ring (bicyclic) bond motifs is 7. The van der Waals surface area contributed by atoms with E-state index in [4.69, 9.17) is 57.8 Å². The standard InChI is InChI=1S/C54H27N7O8/c1-4-27-11-12-34-35(14-27)54(63)61(53(34)62)33-17-31(51-59-40-23-44-38(21-46(40)68-51)56-48(65-44)28-8-5-7-25(2)13-28)16-32(18-33)52-60-41-24-45-39(22-47(41)69-52)58-50(67-45)30-10-6-9-29(15-30)49-57-37-20-42-36(19-43(37)66-49)55-26(3)64-42/h1,5-24H,2-3H3. The van der Waals surface area contributed by atoms with Crippen molar-refractivity contribution in [3.05, 3.63) is 149 Å². The first kappa shape index (κ1) is 38.3. The van der Waals surface area contributed by atoms with Crippen LogP contribution in [0.2, 0.25) is 0 Å². The summed E-state index contributed by atoms with van der Waals surface area (Å²) in [6, 6.07) is 35.9. The Kier molecular flexibility index (Phi) is 7.80. The summed E-state index contributed by atoms with van der Waals surface area (Å²) in [5, 5.41) is 0. The molecule has 0 saturated heterocycles. The van der Waals surface area contributed by atoms with Gasteiger partial charge in [-0.05, 0) is 73.7 Å². The molecule has 6 aromatic heterocycles. The number of benzene rings is 7. The van der Waals surface area contributed by atoms with E-state index in [9.17, 15) is 9.59 Å². The van der Waals surface area contributed by atoms with Crippen molar-refractivity contribution in [2.24, 2.45) is 0 Å². The maximum Gasteiger partial charge on any atom is 0.266 e. The van der Waals surface area contributed by atoms with Gasteiger partial charge in [0, 0.05) is 76.7 Å². The first-order valence-electron chi connectivity index (χ1n) is 21.6. The van der Waals surface area contributed by atoms with E-state index in [1.807, 2.05) is 67.6 Å². The van der Waals surface area contributed by atoms with Gasteiger partial charge in [-0.2, -0.15) is 0 Å². The van der Waals surface area contributed by atoms with Crippen LogP contribution in [0.4, 0.5) is 5.69 Å². The maximum atomic E-state index is 14.0. The van der Waals surface area contributed by atoms with Gasteiger partial charge in [0.15, 0.2) is 39.4 Å². The minimum atomic E-state index is -0.536. The predicted octanol–water partition coefficient (Wildman–Crippen LogP) is 12.3. The fourth-order valence-corrected chi connectivity index (χ4v) is 8.90. The Morgan fingerprint density at radius 2 is 0.826 bits per heavy atom. The normalized spacial score (nSPS) is 12.8. The third-order valence-electron chi connectivity index (χ3n) is 12.1. The highest BCUT2D eigenvalue weighted by atomic mass is 16.4. The number of rotatable bonds is 6. The number of hydrogen-bond acceptors (Lipinski definition) is 14. The second-order valence-corrected chi connectivity index (χ2v) is 16.8. The van der Waals surface area contributed by atoms with Gasteiger partial charge in [-0.15, -0.1) is 6.42 Å². The second kappa shape index (κ2) is 14.0. The number of imide groups is 1. The van der Waals surface area contributed by atoms with E-state index in [-0.39, 0.29) is 28.6 Å². The van der Waals surface area contributed by atoms with Crippen LogP contribution in [0.5, 0.6) is 0 Å². The number of hydrogen-bond donors (Lipinski definition) is 0. The fourth-order valence-electron chi connectivity index (χ4n) is 8.90. The highest BCUT2D eigenvalue weighted by Crippen LogP contribution is 2.40. The van der Waals surface area contributed by atoms with Crippen molar-refractivity contribution in [1.29, 1.82) is 0 Å². The van der Waals surface area contributed by atoms with Gasteiger partial charge in [-0.25, -0.2) is 34.8 Å². The van der Waals surface area contributed by atoms with Gasteiger partial charge >= 0.3 is 0 Å². The Morgan fingerprint density at radius 3 is 1.30 bits per heavy atom. The first-order chi connectivity index (χ1) is 33.6. The third-order valence-corrected chi connectivity index (χ3v) is 12.1. The zero-order valence-electron chi connectivity index (χ0n) is 36.0. The molecule has 0 N–H and O–H groups in total. The summed E-state index contributed by atoms with van der Waals surface area (Å²) in [7, 11) is 0. The van der Waals surface area contributed by atoms with Crippen LogP contribution in [0.25, 0.3) is 124 Å². The van der Waals surface area contributed by atoms with Crippen molar-refractivity contribution in [3.63, 3.8) is 0 Å². The molecule has 15 heteroatoms. The van der Waals surface area contributed by atoms with Crippen LogP contribution < -0.4 is 4.90 Å². The molecule has 1 aliphatic rings. The fraction of sp³-hybridized carbons (Fsp3) is 0.0370. The summed E-state index contributed by atoms with van der Waals surface area (Å²) < 4.78 is 37.1. The molecule has 0 unspecified atom stereocenters. The van der Waals surface area contributed by atoms with Crippen molar-refractivity contribution in [1.82, 2.24) is 29.9 Å². The Morgan fingerprint density at radius 1 is 0.420 bits per heavy atom. The van der Waals surface area contributed by atoms with E-state index < -0.39 is 11.8 Å². The molecule has 0 aliphatic carbocycles. The number of amides is 2.